The Morgan fingerprint density at radius 2 is 2.10 bits per heavy atom. The zero-order valence-corrected chi connectivity index (χ0v) is 12.7. The van der Waals surface area contributed by atoms with E-state index in [1.54, 1.807) is 6.20 Å². The van der Waals surface area contributed by atoms with Crippen LogP contribution in [0.2, 0.25) is 0 Å². The smallest absolute Gasteiger partial charge is 0.141 e. The molecule has 1 aliphatic carbocycles. The molecule has 116 valence electrons. The highest BCUT2D eigenvalue weighted by molar-refractivity contribution is 5.43. The Morgan fingerprint density at radius 1 is 1.38 bits per heavy atom. The van der Waals surface area contributed by atoms with Gasteiger partial charge in [0.05, 0.1) is 12.3 Å². The van der Waals surface area contributed by atoms with Gasteiger partial charge in [-0.1, -0.05) is 12.8 Å². The fourth-order valence-corrected chi connectivity index (χ4v) is 3.26. The number of aliphatic hydroxyl groups is 1. The van der Waals surface area contributed by atoms with Gasteiger partial charge in [-0.2, -0.15) is 0 Å². The van der Waals surface area contributed by atoms with Crippen molar-refractivity contribution in [2.24, 2.45) is 5.92 Å². The molecule has 5 heteroatoms. The number of aromatic hydroxyl groups is 1. The summed E-state index contributed by atoms with van der Waals surface area (Å²) in [6.45, 7) is 5.71. The lowest BCUT2D eigenvalue weighted by Crippen LogP contribution is -2.45. The Kier molecular flexibility index (Phi) is 4.42. The van der Waals surface area contributed by atoms with Crippen LogP contribution in [0.15, 0.2) is 6.20 Å². The van der Waals surface area contributed by atoms with Crippen molar-refractivity contribution in [3.05, 3.63) is 23.0 Å². The molecule has 0 amide bonds. The zero-order valence-electron chi connectivity index (χ0n) is 12.7. The van der Waals surface area contributed by atoms with Gasteiger partial charge in [0.15, 0.2) is 0 Å². The zero-order chi connectivity index (χ0) is 14.8. The summed E-state index contributed by atoms with van der Waals surface area (Å²) < 4.78 is 0. The van der Waals surface area contributed by atoms with Crippen molar-refractivity contribution in [2.75, 3.05) is 26.2 Å². The van der Waals surface area contributed by atoms with Crippen LogP contribution in [0.5, 0.6) is 5.75 Å². The summed E-state index contributed by atoms with van der Waals surface area (Å²) in [5.74, 6) is 1.04. The van der Waals surface area contributed by atoms with E-state index in [0.29, 0.717) is 5.69 Å². The average Bonchev–Trinajstić information content (AvgIpc) is 3.33. The molecule has 0 bridgehead atoms. The molecule has 1 saturated heterocycles. The Labute approximate surface area is 126 Å². The van der Waals surface area contributed by atoms with E-state index in [-0.39, 0.29) is 18.4 Å². The van der Waals surface area contributed by atoms with E-state index in [1.165, 1.54) is 12.8 Å². The maximum Gasteiger partial charge on any atom is 0.141 e. The number of aromatic nitrogens is 1. The molecule has 1 aromatic rings. The van der Waals surface area contributed by atoms with Gasteiger partial charge < -0.3 is 15.5 Å². The third kappa shape index (κ3) is 3.20. The van der Waals surface area contributed by atoms with E-state index in [0.717, 1.165) is 49.6 Å². The first-order chi connectivity index (χ1) is 10.2. The first-order valence-electron chi connectivity index (χ1n) is 7.93. The van der Waals surface area contributed by atoms with Gasteiger partial charge in [-0.15, -0.1) is 0 Å². The molecule has 2 aliphatic rings. The Bertz CT molecular complexity index is 497. The first-order valence-corrected chi connectivity index (χ1v) is 7.93. The average molecular weight is 291 g/mol. The number of aryl methyl sites for hydroxylation is 1. The number of pyridine rings is 1. The quantitative estimate of drug-likeness (QED) is 0.764. The number of nitrogens with one attached hydrogen (secondary N) is 1. The van der Waals surface area contributed by atoms with Crippen molar-refractivity contribution >= 4 is 0 Å². The molecular weight excluding hydrogens is 266 g/mol. The molecule has 1 aromatic heterocycles. The van der Waals surface area contributed by atoms with Crippen LogP contribution in [0.1, 0.15) is 42.1 Å². The van der Waals surface area contributed by atoms with Crippen LogP contribution in [-0.4, -0.2) is 46.3 Å². The second-order valence-corrected chi connectivity index (χ2v) is 6.27. The van der Waals surface area contributed by atoms with Crippen molar-refractivity contribution in [1.29, 1.82) is 0 Å². The topological polar surface area (TPSA) is 68.6 Å². The van der Waals surface area contributed by atoms with E-state index in [9.17, 15) is 10.2 Å². The van der Waals surface area contributed by atoms with Crippen molar-refractivity contribution in [1.82, 2.24) is 15.2 Å². The second kappa shape index (κ2) is 6.30. The minimum absolute atomic E-state index is 0.0660. The van der Waals surface area contributed by atoms with Gasteiger partial charge in [0.2, 0.25) is 0 Å². The van der Waals surface area contributed by atoms with Gasteiger partial charge >= 0.3 is 0 Å². The van der Waals surface area contributed by atoms with Crippen LogP contribution in [0.25, 0.3) is 0 Å². The normalized spacial score (nSPS) is 21.4. The molecule has 21 heavy (non-hydrogen) atoms. The molecule has 3 rings (SSSR count). The summed E-state index contributed by atoms with van der Waals surface area (Å²) in [5.41, 5.74) is 2.32. The second-order valence-electron chi connectivity index (χ2n) is 6.27. The van der Waals surface area contributed by atoms with E-state index in [4.69, 9.17) is 0 Å². The highest BCUT2D eigenvalue weighted by atomic mass is 16.3. The van der Waals surface area contributed by atoms with Crippen LogP contribution < -0.4 is 5.32 Å². The predicted octanol–water partition coefficient (Wildman–Crippen LogP) is 1.33. The lowest BCUT2D eigenvalue weighted by atomic mass is 9.94. The van der Waals surface area contributed by atoms with Crippen LogP contribution >= 0.6 is 0 Å². The Balaban J connectivity index is 1.96. The third-order valence-electron chi connectivity index (χ3n) is 4.71. The van der Waals surface area contributed by atoms with Gasteiger partial charge in [-0.25, -0.2) is 0 Å². The Morgan fingerprint density at radius 3 is 2.71 bits per heavy atom. The molecule has 2 fully saturated rings. The van der Waals surface area contributed by atoms with Crippen molar-refractivity contribution < 1.29 is 10.2 Å². The lowest BCUT2D eigenvalue weighted by Gasteiger charge is -2.36. The maximum atomic E-state index is 10.5. The maximum absolute atomic E-state index is 10.5. The molecule has 1 atom stereocenters. The molecule has 2 heterocycles. The number of rotatable bonds is 5. The number of aliphatic hydroxyl groups excluding tert-OH is 1. The summed E-state index contributed by atoms with van der Waals surface area (Å²) in [7, 11) is 0. The number of hydrogen-bond donors (Lipinski definition) is 3. The van der Waals surface area contributed by atoms with Gasteiger partial charge in [0, 0.05) is 49.5 Å². The standard InChI is InChI=1S/C16H25N3O2/c1-11-16(21)15(13(10-20)9-18-11)14(8-12-2-3-12)19-6-4-17-5-7-19/h9,12,14,17,20-21H,2-8,10H2,1H3/t14-/m1/s1. The van der Waals surface area contributed by atoms with Crippen molar-refractivity contribution in [2.45, 2.75) is 38.8 Å². The fraction of sp³-hybridized carbons (Fsp3) is 0.688. The van der Waals surface area contributed by atoms with Crippen LogP contribution in [0, 0.1) is 12.8 Å². The highest BCUT2D eigenvalue weighted by Gasteiger charge is 2.33. The monoisotopic (exact) mass is 291 g/mol. The first kappa shape index (κ1) is 14.8. The molecule has 1 saturated carbocycles. The largest absolute Gasteiger partial charge is 0.506 e. The summed E-state index contributed by atoms with van der Waals surface area (Å²) in [6.07, 6.45) is 5.38. The lowest BCUT2D eigenvalue weighted by molar-refractivity contribution is 0.155. The SMILES string of the molecule is Cc1ncc(CO)c([C@@H](CC2CC2)N2CCNCC2)c1O. The highest BCUT2D eigenvalue weighted by Crippen LogP contribution is 2.43. The third-order valence-corrected chi connectivity index (χ3v) is 4.71. The van der Waals surface area contributed by atoms with Gasteiger partial charge in [0.1, 0.15) is 5.75 Å². The van der Waals surface area contributed by atoms with Gasteiger partial charge in [0.25, 0.3) is 0 Å². The summed E-state index contributed by atoms with van der Waals surface area (Å²) in [4.78, 5) is 6.64. The number of hydrogen-bond acceptors (Lipinski definition) is 5. The molecule has 0 spiro atoms. The van der Waals surface area contributed by atoms with E-state index < -0.39 is 0 Å². The molecule has 5 nitrogen and oxygen atoms in total. The van der Waals surface area contributed by atoms with Gasteiger partial charge in [-0.3, -0.25) is 9.88 Å². The Hall–Kier alpha value is -1.17. The fourth-order valence-electron chi connectivity index (χ4n) is 3.26. The van der Waals surface area contributed by atoms with Crippen molar-refractivity contribution in [3.63, 3.8) is 0 Å². The van der Waals surface area contributed by atoms with E-state index >= 15 is 0 Å². The van der Waals surface area contributed by atoms with Crippen molar-refractivity contribution in [3.8, 4) is 5.75 Å². The molecular formula is C16H25N3O2. The molecule has 0 aromatic carbocycles. The summed E-state index contributed by atoms with van der Waals surface area (Å²) >= 11 is 0. The van der Waals surface area contributed by atoms with Crippen LogP contribution in [0.4, 0.5) is 0 Å². The predicted molar refractivity (Wildman–Crippen MR) is 81.1 cm³/mol. The molecule has 0 unspecified atom stereocenters. The van der Waals surface area contributed by atoms with Crippen LogP contribution in [-0.2, 0) is 6.61 Å². The molecule has 0 radical (unpaired) electrons. The number of nitrogens with zero attached hydrogens (tertiary/aromatic N) is 2. The van der Waals surface area contributed by atoms with Gasteiger partial charge in [-0.05, 0) is 19.3 Å². The van der Waals surface area contributed by atoms with Crippen LogP contribution in [0.3, 0.4) is 0 Å². The van der Waals surface area contributed by atoms with E-state index in [1.807, 2.05) is 6.92 Å². The molecule has 3 N–H and O–H groups in total. The summed E-state index contributed by atoms with van der Waals surface area (Å²) in [6, 6.07) is 0.198. The summed E-state index contributed by atoms with van der Waals surface area (Å²) in [5, 5.41) is 23.6. The number of piperazine rings is 1. The molecule has 1 aliphatic heterocycles. The minimum atomic E-state index is -0.0660. The minimum Gasteiger partial charge on any atom is -0.506 e. The van der Waals surface area contributed by atoms with E-state index in [2.05, 4.69) is 15.2 Å².